The number of aryl methyl sites for hydroxylation is 1. The number of rotatable bonds is 5. The molecule has 1 aromatic rings. The monoisotopic (exact) mass is 265 g/mol. The molecule has 0 aliphatic heterocycles. The van der Waals surface area contributed by atoms with Gasteiger partial charge >= 0.3 is 5.97 Å². The van der Waals surface area contributed by atoms with Crippen molar-refractivity contribution >= 4 is 28.2 Å². The maximum Gasteiger partial charge on any atom is 0.348 e. The minimum atomic E-state index is -0.357. The van der Waals surface area contributed by atoms with E-state index < -0.39 is 0 Å². The van der Waals surface area contributed by atoms with Crippen molar-refractivity contribution < 1.29 is 14.3 Å². The highest BCUT2D eigenvalue weighted by Crippen LogP contribution is 2.27. The first-order valence-corrected chi connectivity index (χ1v) is 6.41. The molecule has 0 aliphatic rings. The van der Waals surface area contributed by atoms with Crippen LogP contribution in [0.3, 0.4) is 0 Å². The molecular formula is C13H15NO3S. The predicted octanol–water partition coefficient (Wildman–Crippen LogP) is 2.59. The van der Waals surface area contributed by atoms with Crippen molar-refractivity contribution in [1.29, 1.82) is 0 Å². The number of esters is 1. The van der Waals surface area contributed by atoms with E-state index in [1.165, 1.54) is 11.3 Å². The average Bonchev–Trinajstić information content (AvgIpc) is 2.68. The number of carbonyl (C=O) groups is 2. The highest BCUT2D eigenvalue weighted by atomic mass is 32.1. The maximum absolute atomic E-state index is 11.6. The van der Waals surface area contributed by atoms with Crippen LogP contribution in [-0.2, 0) is 9.53 Å². The molecule has 0 aromatic carbocycles. The van der Waals surface area contributed by atoms with Gasteiger partial charge in [0.25, 0.3) is 0 Å². The van der Waals surface area contributed by atoms with Gasteiger partial charge in [-0.2, -0.15) is 0 Å². The number of carbonyl (C=O) groups excluding carboxylic acids is 2. The zero-order chi connectivity index (χ0) is 13.5. The van der Waals surface area contributed by atoms with E-state index in [9.17, 15) is 9.59 Å². The highest BCUT2D eigenvalue weighted by Gasteiger charge is 2.15. The second-order valence-corrected chi connectivity index (χ2v) is 4.65. The summed E-state index contributed by atoms with van der Waals surface area (Å²) in [7, 11) is 0. The summed E-state index contributed by atoms with van der Waals surface area (Å²) in [5.74, 6) is 1.90. The molecule has 0 radical (unpaired) electrons. The molecule has 4 nitrogen and oxygen atoms in total. The molecule has 0 spiro atoms. The molecule has 0 atom stereocenters. The number of nitrogens with one attached hydrogen (secondary N) is 1. The standard InChI is InChI=1S/C13H15NO3S/c1-4-6-7-10(15)14-11-8-9(3)12(18-11)13(16)17-5-2/h1,8H,5-7H2,2-3H3,(H,14,15). The second kappa shape index (κ2) is 6.82. The molecule has 0 saturated carbocycles. The molecule has 0 saturated heterocycles. The van der Waals surface area contributed by atoms with Gasteiger partial charge in [0, 0.05) is 12.8 Å². The first-order valence-electron chi connectivity index (χ1n) is 5.59. The van der Waals surface area contributed by atoms with Crippen LogP contribution in [0.15, 0.2) is 6.07 Å². The van der Waals surface area contributed by atoms with Gasteiger partial charge in [0.15, 0.2) is 0 Å². The van der Waals surface area contributed by atoms with E-state index in [1.54, 1.807) is 19.9 Å². The minimum absolute atomic E-state index is 0.149. The summed E-state index contributed by atoms with van der Waals surface area (Å²) in [4.78, 5) is 23.6. The minimum Gasteiger partial charge on any atom is -0.462 e. The Labute approximate surface area is 110 Å². The Morgan fingerprint density at radius 1 is 1.56 bits per heavy atom. The van der Waals surface area contributed by atoms with Gasteiger partial charge in [0.05, 0.1) is 11.6 Å². The summed E-state index contributed by atoms with van der Waals surface area (Å²) in [5, 5.41) is 3.35. The number of ether oxygens (including phenoxy) is 1. The van der Waals surface area contributed by atoms with E-state index in [0.29, 0.717) is 22.9 Å². The van der Waals surface area contributed by atoms with E-state index in [1.807, 2.05) is 0 Å². The fourth-order valence-corrected chi connectivity index (χ4v) is 2.31. The smallest absolute Gasteiger partial charge is 0.348 e. The number of terminal acetylenes is 1. The van der Waals surface area contributed by atoms with Crippen LogP contribution in [0.4, 0.5) is 5.00 Å². The Kier molecular flexibility index (Phi) is 5.40. The third-order valence-electron chi connectivity index (χ3n) is 2.14. The Balaban J connectivity index is 2.70. The van der Waals surface area contributed by atoms with Crippen LogP contribution in [0, 0.1) is 19.3 Å². The lowest BCUT2D eigenvalue weighted by Crippen LogP contribution is -2.09. The van der Waals surface area contributed by atoms with Crippen LogP contribution in [0.2, 0.25) is 0 Å². The molecule has 1 heterocycles. The van der Waals surface area contributed by atoms with E-state index in [2.05, 4.69) is 11.2 Å². The summed E-state index contributed by atoms with van der Waals surface area (Å²) in [6.07, 6.45) is 5.77. The van der Waals surface area contributed by atoms with Crippen LogP contribution in [0.5, 0.6) is 0 Å². The summed E-state index contributed by atoms with van der Waals surface area (Å²) in [6.45, 7) is 3.89. The molecule has 0 fully saturated rings. The van der Waals surface area contributed by atoms with Crippen LogP contribution >= 0.6 is 11.3 Å². The molecule has 18 heavy (non-hydrogen) atoms. The SMILES string of the molecule is C#CCCC(=O)Nc1cc(C)c(C(=O)OCC)s1. The second-order valence-electron chi connectivity index (χ2n) is 3.60. The molecular weight excluding hydrogens is 250 g/mol. The molecule has 96 valence electrons. The van der Waals surface area contributed by atoms with E-state index in [0.717, 1.165) is 5.56 Å². The Morgan fingerprint density at radius 2 is 2.28 bits per heavy atom. The Morgan fingerprint density at radius 3 is 2.89 bits per heavy atom. The van der Waals surface area contributed by atoms with Crippen LogP contribution in [-0.4, -0.2) is 18.5 Å². The fourth-order valence-electron chi connectivity index (χ4n) is 1.33. The van der Waals surface area contributed by atoms with Crippen molar-refractivity contribution in [1.82, 2.24) is 0 Å². The maximum atomic E-state index is 11.6. The molecule has 5 heteroatoms. The highest BCUT2D eigenvalue weighted by molar-refractivity contribution is 7.18. The summed E-state index contributed by atoms with van der Waals surface area (Å²) >= 11 is 1.21. The number of amides is 1. The quantitative estimate of drug-likeness (QED) is 0.657. The molecule has 0 unspecified atom stereocenters. The van der Waals surface area contributed by atoms with Crippen molar-refractivity contribution in [3.8, 4) is 12.3 Å². The van der Waals surface area contributed by atoms with Gasteiger partial charge in [0.1, 0.15) is 4.88 Å². The lowest BCUT2D eigenvalue weighted by atomic mass is 10.3. The first-order chi connectivity index (χ1) is 8.58. The lowest BCUT2D eigenvalue weighted by Gasteiger charge is -2.00. The number of hydrogen-bond acceptors (Lipinski definition) is 4. The van der Waals surface area contributed by atoms with E-state index in [-0.39, 0.29) is 18.3 Å². The molecule has 0 aliphatic carbocycles. The largest absolute Gasteiger partial charge is 0.462 e. The molecule has 1 aromatic heterocycles. The number of anilines is 1. The van der Waals surface area contributed by atoms with Crippen molar-refractivity contribution in [2.75, 3.05) is 11.9 Å². The van der Waals surface area contributed by atoms with Gasteiger partial charge in [-0.25, -0.2) is 4.79 Å². The normalized spacial score (nSPS) is 9.61. The first kappa shape index (κ1) is 14.3. The van der Waals surface area contributed by atoms with Crippen LogP contribution in [0.25, 0.3) is 0 Å². The van der Waals surface area contributed by atoms with Gasteiger partial charge in [-0.1, -0.05) is 0 Å². The zero-order valence-corrected chi connectivity index (χ0v) is 11.2. The fraction of sp³-hybridized carbons (Fsp3) is 0.385. The molecule has 1 amide bonds. The van der Waals surface area contributed by atoms with Gasteiger partial charge in [-0.3, -0.25) is 4.79 Å². The number of hydrogen-bond donors (Lipinski definition) is 1. The molecule has 1 rings (SSSR count). The van der Waals surface area contributed by atoms with E-state index >= 15 is 0 Å². The topological polar surface area (TPSA) is 55.4 Å². The zero-order valence-electron chi connectivity index (χ0n) is 10.4. The van der Waals surface area contributed by atoms with Crippen molar-refractivity contribution in [3.63, 3.8) is 0 Å². The van der Waals surface area contributed by atoms with Gasteiger partial charge < -0.3 is 10.1 Å². The van der Waals surface area contributed by atoms with Crippen molar-refractivity contribution in [2.24, 2.45) is 0 Å². The van der Waals surface area contributed by atoms with Crippen molar-refractivity contribution in [2.45, 2.75) is 26.7 Å². The van der Waals surface area contributed by atoms with Crippen LogP contribution < -0.4 is 5.32 Å². The van der Waals surface area contributed by atoms with Gasteiger partial charge in [-0.15, -0.1) is 23.7 Å². The molecule has 1 N–H and O–H groups in total. The van der Waals surface area contributed by atoms with Crippen LogP contribution in [0.1, 0.15) is 35.0 Å². The third-order valence-corrected chi connectivity index (χ3v) is 3.27. The number of thiophene rings is 1. The molecule has 0 bridgehead atoms. The van der Waals surface area contributed by atoms with Gasteiger partial charge in [0.2, 0.25) is 5.91 Å². The summed E-state index contributed by atoms with van der Waals surface area (Å²) in [5.41, 5.74) is 0.797. The average molecular weight is 265 g/mol. The Bertz CT molecular complexity index is 485. The van der Waals surface area contributed by atoms with Crippen molar-refractivity contribution in [3.05, 3.63) is 16.5 Å². The summed E-state index contributed by atoms with van der Waals surface area (Å²) in [6, 6.07) is 1.75. The third kappa shape index (κ3) is 3.90. The van der Waals surface area contributed by atoms with Gasteiger partial charge in [-0.05, 0) is 25.5 Å². The van der Waals surface area contributed by atoms with E-state index in [4.69, 9.17) is 11.2 Å². The summed E-state index contributed by atoms with van der Waals surface area (Å²) < 4.78 is 4.92. The predicted molar refractivity (Wildman–Crippen MR) is 71.7 cm³/mol. The Hall–Kier alpha value is -1.80. The lowest BCUT2D eigenvalue weighted by molar-refractivity contribution is -0.116.